The summed E-state index contributed by atoms with van der Waals surface area (Å²) in [6.45, 7) is 5.02. The molecule has 0 bridgehead atoms. The Labute approximate surface area is 108 Å². The van der Waals surface area contributed by atoms with E-state index in [1.807, 2.05) is 0 Å². The van der Waals surface area contributed by atoms with Crippen molar-refractivity contribution in [3.05, 3.63) is 28.8 Å². The molecule has 0 aromatic heterocycles. The minimum Gasteiger partial charge on any atom is -0.369 e. The zero-order chi connectivity index (χ0) is 12.3. The molecule has 0 spiro atoms. The van der Waals surface area contributed by atoms with Crippen LogP contribution in [-0.4, -0.2) is 44.7 Å². The van der Waals surface area contributed by atoms with Gasteiger partial charge in [-0.1, -0.05) is 17.7 Å². The quantitative estimate of drug-likeness (QED) is 0.888. The van der Waals surface area contributed by atoms with Crippen molar-refractivity contribution in [1.29, 1.82) is 0 Å². The SMILES string of the molecule is CN1CCN(c2ccc(CCN)c(Cl)c2)CC1. The largest absolute Gasteiger partial charge is 0.369 e. The molecule has 1 aliphatic rings. The van der Waals surface area contributed by atoms with Crippen molar-refractivity contribution in [2.24, 2.45) is 5.73 Å². The zero-order valence-corrected chi connectivity index (χ0v) is 11.1. The molecule has 1 aliphatic heterocycles. The molecule has 0 unspecified atom stereocenters. The van der Waals surface area contributed by atoms with Gasteiger partial charge in [0.05, 0.1) is 0 Å². The Hall–Kier alpha value is -0.770. The summed E-state index contributed by atoms with van der Waals surface area (Å²) in [6.07, 6.45) is 0.849. The number of halogens is 1. The summed E-state index contributed by atoms with van der Waals surface area (Å²) in [5.41, 5.74) is 7.92. The second-order valence-corrected chi connectivity index (χ2v) is 5.01. The number of nitrogens with zero attached hydrogens (tertiary/aromatic N) is 2. The van der Waals surface area contributed by atoms with E-state index in [2.05, 4.69) is 35.0 Å². The Balaban J connectivity index is 2.09. The summed E-state index contributed by atoms with van der Waals surface area (Å²) in [4.78, 5) is 4.74. The van der Waals surface area contributed by atoms with Crippen LogP contribution in [-0.2, 0) is 6.42 Å². The van der Waals surface area contributed by atoms with Gasteiger partial charge in [0.25, 0.3) is 0 Å². The standard InChI is InChI=1S/C13H20ClN3/c1-16-6-8-17(9-7-16)12-3-2-11(4-5-15)13(14)10-12/h2-3,10H,4-9,15H2,1H3. The topological polar surface area (TPSA) is 32.5 Å². The Morgan fingerprint density at radius 1 is 1.24 bits per heavy atom. The molecule has 94 valence electrons. The lowest BCUT2D eigenvalue weighted by Crippen LogP contribution is -2.44. The summed E-state index contributed by atoms with van der Waals surface area (Å²) in [7, 11) is 2.16. The minimum absolute atomic E-state index is 0.646. The molecule has 1 aromatic rings. The Morgan fingerprint density at radius 3 is 2.53 bits per heavy atom. The third-order valence-corrected chi connectivity index (χ3v) is 3.67. The van der Waals surface area contributed by atoms with Gasteiger partial charge in [0.1, 0.15) is 0 Å². The summed E-state index contributed by atoms with van der Waals surface area (Å²) in [5.74, 6) is 0. The summed E-state index contributed by atoms with van der Waals surface area (Å²) in [6, 6.07) is 6.32. The van der Waals surface area contributed by atoms with E-state index in [1.165, 1.54) is 5.69 Å². The summed E-state index contributed by atoms with van der Waals surface area (Å²) in [5, 5.41) is 0.840. The monoisotopic (exact) mass is 253 g/mol. The molecule has 0 saturated carbocycles. The van der Waals surface area contributed by atoms with Crippen molar-refractivity contribution in [1.82, 2.24) is 4.90 Å². The highest BCUT2D eigenvalue weighted by molar-refractivity contribution is 6.31. The molecule has 3 nitrogen and oxygen atoms in total. The molecule has 4 heteroatoms. The number of benzene rings is 1. The van der Waals surface area contributed by atoms with E-state index in [0.29, 0.717) is 6.54 Å². The van der Waals surface area contributed by atoms with E-state index in [0.717, 1.165) is 43.2 Å². The number of hydrogen-bond donors (Lipinski definition) is 1. The molecular weight excluding hydrogens is 234 g/mol. The van der Waals surface area contributed by atoms with E-state index in [1.54, 1.807) is 0 Å². The lowest BCUT2D eigenvalue weighted by atomic mass is 10.1. The Morgan fingerprint density at radius 2 is 1.94 bits per heavy atom. The molecule has 0 atom stereocenters. The second kappa shape index (κ2) is 5.71. The number of hydrogen-bond acceptors (Lipinski definition) is 3. The average molecular weight is 254 g/mol. The molecular formula is C13H20ClN3. The number of nitrogens with two attached hydrogens (primary N) is 1. The molecule has 0 amide bonds. The van der Waals surface area contributed by atoms with Crippen LogP contribution in [0.3, 0.4) is 0 Å². The summed E-state index contributed by atoms with van der Waals surface area (Å²) >= 11 is 6.26. The molecule has 2 rings (SSSR count). The highest BCUT2D eigenvalue weighted by atomic mass is 35.5. The number of anilines is 1. The van der Waals surface area contributed by atoms with Crippen LogP contribution < -0.4 is 10.6 Å². The van der Waals surface area contributed by atoms with Gasteiger partial charge in [-0.25, -0.2) is 0 Å². The maximum atomic E-state index is 6.26. The molecule has 0 aliphatic carbocycles. The fraction of sp³-hybridized carbons (Fsp3) is 0.538. The second-order valence-electron chi connectivity index (χ2n) is 4.60. The minimum atomic E-state index is 0.646. The van der Waals surface area contributed by atoms with Crippen LogP contribution in [0.4, 0.5) is 5.69 Å². The lowest BCUT2D eigenvalue weighted by Gasteiger charge is -2.34. The van der Waals surface area contributed by atoms with Gasteiger partial charge in [0, 0.05) is 36.9 Å². The molecule has 0 radical (unpaired) electrons. The molecule has 1 heterocycles. The first-order valence-electron chi connectivity index (χ1n) is 6.12. The lowest BCUT2D eigenvalue weighted by molar-refractivity contribution is 0.313. The van der Waals surface area contributed by atoms with Crippen molar-refractivity contribution < 1.29 is 0 Å². The van der Waals surface area contributed by atoms with E-state index in [9.17, 15) is 0 Å². The maximum absolute atomic E-state index is 6.26. The smallest absolute Gasteiger partial charge is 0.0459 e. The first-order chi connectivity index (χ1) is 8.20. The molecule has 1 saturated heterocycles. The first-order valence-corrected chi connectivity index (χ1v) is 6.50. The van der Waals surface area contributed by atoms with Crippen molar-refractivity contribution in [3.8, 4) is 0 Å². The van der Waals surface area contributed by atoms with Gasteiger partial charge in [0.2, 0.25) is 0 Å². The van der Waals surface area contributed by atoms with Crippen LogP contribution in [0.25, 0.3) is 0 Å². The van der Waals surface area contributed by atoms with Gasteiger partial charge in [-0.15, -0.1) is 0 Å². The predicted octanol–water partition coefficient (Wildman–Crippen LogP) is 1.59. The van der Waals surface area contributed by atoms with Crippen LogP contribution in [0.5, 0.6) is 0 Å². The molecule has 2 N–H and O–H groups in total. The molecule has 1 fully saturated rings. The fourth-order valence-electron chi connectivity index (χ4n) is 2.16. The van der Waals surface area contributed by atoms with Crippen molar-refractivity contribution >= 4 is 17.3 Å². The van der Waals surface area contributed by atoms with E-state index in [-0.39, 0.29) is 0 Å². The normalized spacial score (nSPS) is 17.5. The molecule has 1 aromatic carbocycles. The van der Waals surface area contributed by atoms with Crippen molar-refractivity contribution in [2.75, 3.05) is 44.7 Å². The molecule has 17 heavy (non-hydrogen) atoms. The highest BCUT2D eigenvalue weighted by Crippen LogP contribution is 2.24. The number of likely N-dealkylation sites (N-methyl/N-ethyl adjacent to an activating group) is 1. The fourth-order valence-corrected chi connectivity index (χ4v) is 2.43. The third-order valence-electron chi connectivity index (χ3n) is 3.32. The number of piperazine rings is 1. The van der Waals surface area contributed by atoms with E-state index < -0.39 is 0 Å². The maximum Gasteiger partial charge on any atom is 0.0459 e. The summed E-state index contributed by atoms with van der Waals surface area (Å²) < 4.78 is 0. The number of rotatable bonds is 3. The van der Waals surface area contributed by atoms with Gasteiger partial charge >= 0.3 is 0 Å². The van der Waals surface area contributed by atoms with Gasteiger partial charge in [-0.2, -0.15) is 0 Å². The Bertz CT molecular complexity index is 373. The van der Waals surface area contributed by atoms with Crippen LogP contribution >= 0.6 is 11.6 Å². The van der Waals surface area contributed by atoms with Gasteiger partial charge in [-0.3, -0.25) is 0 Å². The van der Waals surface area contributed by atoms with Gasteiger partial charge < -0.3 is 15.5 Å². The van der Waals surface area contributed by atoms with Crippen LogP contribution in [0.1, 0.15) is 5.56 Å². The van der Waals surface area contributed by atoms with Crippen molar-refractivity contribution in [2.45, 2.75) is 6.42 Å². The van der Waals surface area contributed by atoms with Crippen LogP contribution in [0.2, 0.25) is 5.02 Å². The third kappa shape index (κ3) is 3.12. The van der Waals surface area contributed by atoms with Gasteiger partial charge in [-0.05, 0) is 37.7 Å². The highest BCUT2D eigenvalue weighted by Gasteiger charge is 2.14. The van der Waals surface area contributed by atoms with Crippen LogP contribution in [0.15, 0.2) is 18.2 Å². The van der Waals surface area contributed by atoms with Crippen LogP contribution in [0, 0.1) is 0 Å². The first kappa shape index (κ1) is 12.7. The van der Waals surface area contributed by atoms with E-state index in [4.69, 9.17) is 17.3 Å². The van der Waals surface area contributed by atoms with Crippen molar-refractivity contribution in [3.63, 3.8) is 0 Å². The van der Waals surface area contributed by atoms with E-state index >= 15 is 0 Å². The Kier molecular flexibility index (Phi) is 4.26. The predicted molar refractivity (Wildman–Crippen MR) is 73.9 cm³/mol. The van der Waals surface area contributed by atoms with Gasteiger partial charge in [0.15, 0.2) is 0 Å². The average Bonchev–Trinajstić information content (AvgIpc) is 2.33. The zero-order valence-electron chi connectivity index (χ0n) is 10.3.